The molecule has 0 spiro atoms. The molecule has 0 aromatic heterocycles. The molecule has 0 atom stereocenters. The molecule has 1 aliphatic rings. The van der Waals surface area contributed by atoms with Crippen LogP contribution in [0, 0.1) is 6.92 Å². The van der Waals surface area contributed by atoms with Gasteiger partial charge in [0.05, 0.1) is 6.61 Å². The highest BCUT2D eigenvalue weighted by Gasteiger charge is 2.19. The predicted molar refractivity (Wildman–Crippen MR) is 61.0 cm³/mol. The van der Waals surface area contributed by atoms with Crippen LogP contribution in [0.1, 0.15) is 11.1 Å². The van der Waals surface area contributed by atoms with Gasteiger partial charge in [-0.25, -0.2) is 5.90 Å². The molecule has 0 saturated carbocycles. The van der Waals surface area contributed by atoms with Crippen molar-refractivity contribution in [2.24, 2.45) is 5.90 Å². The van der Waals surface area contributed by atoms with Gasteiger partial charge in [0.15, 0.2) is 11.5 Å². The molecule has 16 heavy (non-hydrogen) atoms. The lowest BCUT2D eigenvalue weighted by atomic mass is 10.0. The Morgan fingerprint density at radius 3 is 2.94 bits per heavy atom. The van der Waals surface area contributed by atoms with Crippen LogP contribution in [0.3, 0.4) is 0 Å². The molecule has 0 aliphatic carbocycles. The molecule has 1 aliphatic heterocycles. The molecule has 1 heterocycles. The van der Waals surface area contributed by atoms with E-state index in [0.717, 1.165) is 16.9 Å². The van der Waals surface area contributed by atoms with Gasteiger partial charge >= 0.3 is 0 Å². The molecule has 0 amide bonds. The molecule has 2 rings (SSSR count). The molecule has 0 unspecified atom stereocenters. The van der Waals surface area contributed by atoms with E-state index < -0.39 is 0 Å². The number of benzene rings is 1. The lowest BCUT2D eigenvalue weighted by Crippen LogP contribution is -2.17. The summed E-state index contributed by atoms with van der Waals surface area (Å²) < 4.78 is 11.1. The summed E-state index contributed by atoms with van der Waals surface area (Å²) in [6, 6.07) is 1.79. The average Bonchev–Trinajstić information content (AvgIpc) is 2.29. The Balaban J connectivity index is 2.37. The van der Waals surface area contributed by atoms with Crippen molar-refractivity contribution in [3.8, 4) is 11.5 Å². The summed E-state index contributed by atoms with van der Waals surface area (Å²) in [6.07, 6.45) is 0.664. The van der Waals surface area contributed by atoms with E-state index in [0.29, 0.717) is 37.0 Å². The van der Waals surface area contributed by atoms with Crippen LogP contribution in [0.25, 0.3) is 0 Å². The Morgan fingerprint density at radius 1 is 1.44 bits per heavy atom. The third-order valence-electron chi connectivity index (χ3n) is 2.62. The van der Waals surface area contributed by atoms with Crippen molar-refractivity contribution in [3.05, 3.63) is 22.2 Å². The fraction of sp³-hybridized carbons (Fsp3) is 0.455. The SMILES string of the molecule is Cc1c(CCON)c(Cl)cc2c1OCCO2. The molecule has 0 bridgehead atoms. The highest BCUT2D eigenvalue weighted by molar-refractivity contribution is 6.31. The lowest BCUT2D eigenvalue weighted by Gasteiger charge is -2.22. The van der Waals surface area contributed by atoms with Gasteiger partial charge < -0.3 is 14.3 Å². The zero-order valence-electron chi connectivity index (χ0n) is 9.09. The van der Waals surface area contributed by atoms with Crippen molar-refractivity contribution in [1.82, 2.24) is 0 Å². The highest BCUT2D eigenvalue weighted by atomic mass is 35.5. The third kappa shape index (κ3) is 2.09. The summed E-state index contributed by atoms with van der Waals surface area (Å²) in [5.74, 6) is 6.51. The highest BCUT2D eigenvalue weighted by Crippen LogP contribution is 2.39. The van der Waals surface area contributed by atoms with Gasteiger partial charge in [0.25, 0.3) is 0 Å². The molecule has 0 fully saturated rings. The standard InChI is InChI=1S/C11H14ClNO3/c1-7-8(2-3-16-13)9(12)6-10-11(7)15-5-4-14-10/h6H,2-5,13H2,1H3. The van der Waals surface area contributed by atoms with Crippen LogP contribution in [0.4, 0.5) is 0 Å². The van der Waals surface area contributed by atoms with Gasteiger partial charge in [-0.2, -0.15) is 0 Å². The Kier molecular flexibility index (Phi) is 3.53. The van der Waals surface area contributed by atoms with Crippen molar-refractivity contribution in [2.75, 3.05) is 19.8 Å². The largest absolute Gasteiger partial charge is 0.486 e. The first-order valence-corrected chi connectivity index (χ1v) is 5.51. The molecule has 2 N–H and O–H groups in total. The van der Waals surface area contributed by atoms with Gasteiger partial charge in [-0.05, 0) is 24.5 Å². The summed E-state index contributed by atoms with van der Waals surface area (Å²) in [5, 5.41) is 0.666. The van der Waals surface area contributed by atoms with Gasteiger partial charge in [0, 0.05) is 11.1 Å². The second kappa shape index (κ2) is 4.91. The van der Waals surface area contributed by atoms with E-state index in [1.807, 2.05) is 6.92 Å². The molecule has 0 saturated heterocycles. The van der Waals surface area contributed by atoms with Crippen LogP contribution in [-0.2, 0) is 11.3 Å². The quantitative estimate of drug-likeness (QED) is 0.824. The first kappa shape index (κ1) is 11.5. The number of halogens is 1. The number of rotatable bonds is 3. The van der Waals surface area contributed by atoms with E-state index in [2.05, 4.69) is 4.84 Å². The maximum atomic E-state index is 6.17. The lowest BCUT2D eigenvalue weighted by molar-refractivity contribution is 0.140. The van der Waals surface area contributed by atoms with Gasteiger partial charge in [0.2, 0.25) is 0 Å². The molecule has 0 radical (unpaired) electrons. The van der Waals surface area contributed by atoms with Crippen molar-refractivity contribution in [2.45, 2.75) is 13.3 Å². The summed E-state index contributed by atoms with van der Waals surface area (Å²) in [4.78, 5) is 4.57. The second-order valence-corrected chi connectivity index (χ2v) is 4.01. The molecule has 88 valence electrons. The molecule has 1 aromatic rings. The summed E-state index contributed by atoms with van der Waals surface area (Å²) in [6.45, 7) is 3.53. The molecule has 5 heteroatoms. The fourth-order valence-corrected chi connectivity index (χ4v) is 2.15. The van der Waals surface area contributed by atoms with Crippen molar-refractivity contribution in [3.63, 3.8) is 0 Å². The van der Waals surface area contributed by atoms with E-state index >= 15 is 0 Å². The minimum Gasteiger partial charge on any atom is -0.486 e. The minimum absolute atomic E-state index is 0.431. The monoisotopic (exact) mass is 243 g/mol. The minimum atomic E-state index is 0.431. The van der Waals surface area contributed by atoms with Crippen molar-refractivity contribution in [1.29, 1.82) is 0 Å². The van der Waals surface area contributed by atoms with Gasteiger partial charge in [0.1, 0.15) is 13.2 Å². The first-order chi connectivity index (χ1) is 7.74. The van der Waals surface area contributed by atoms with Gasteiger partial charge in [-0.1, -0.05) is 11.6 Å². The topological polar surface area (TPSA) is 53.7 Å². The maximum absolute atomic E-state index is 6.17. The Bertz CT molecular complexity index is 395. The summed E-state index contributed by atoms with van der Waals surface area (Å²) in [7, 11) is 0. The average molecular weight is 244 g/mol. The van der Waals surface area contributed by atoms with Crippen LogP contribution in [0.5, 0.6) is 11.5 Å². The zero-order valence-corrected chi connectivity index (χ0v) is 9.84. The summed E-state index contributed by atoms with van der Waals surface area (Å²) >= 11 is 6.17. The van der Waals surface area contributed by atoms with Crippen molar-refractivity contribution >= 4 is 11.6 Å². The molecular formula is C11H14ClNO3. The fourth-order valence-electron chi connectivity index (χ4n) is 1.82. The number of hydrogen-bond donors (Lipinski definition) is 1. The van der Waals surface area contributed by atoms with Crippen LogP contribution in [0.15, 0.2) is 6.07 Å². The van der Waals surface area contributed by atoms with E-state index in [1.54, 1.807) is 6.07 Å². The summed E-state index contributed by atoms with van der Waals surface area (Å²) in [5.41, 5.74) is 2.00. The number of ether oxygens (including phenoxy) is 2. The maximum Gasteiger partial charge on any atom is 0.164 e. The van der Waals surface area contributed by atoms with E-state index in [4.69, 9.17) is 27.0 Å². The molecular weight excluding hydrogens is 230 g/mol. The Labute approximate surface area is 99.2 Å². The smallest absolute Gasteiger partial charge is 0.164 e. The number of fused-ring (bicyclic) bond motifs is 1. The Hall–Kier alpha value is -0.970. The number of nitrogens with two attached hydrogens (primary N) is 1. The third-order valence-corrected chi connectivity index (χ3v) is 2.96. The number of hydrogen-bond acceptors (Lipinski definition) is 4. The molecule has 4 nitrogen and oxygen atoms in total. The molecule has 1 aromatic carbocycles. The van der Waals surface area contributed by atoms with E-state index in [1.165, 1.54) is 0 Å². The zero-order chi connectivity index (χ0) is 11.5. The normalized spacial score (nSPS) is 13.9. The second-order valence-electron chi connectivity index (χ2n) is 3.61. The van der Waals surface area contributed by atoms with Gasteiger partial charge in [-0.15, -0.1) is 0 Å². The van der Waals surface area contributed by atoms with Crippen molar-refractivity contribution < 1.29 is 14.3 Å². The van der Waals surface area contributed by atoms with Gasteiger partial charge in [-0.3, -0.25) is 0 Å². The van der Waals surface area contributed by atoms with Crippen LogP contribution >= 0.6 is 11.6 Å². The van der Waals surface area contributed by atoms with Crippen LogP contribution in [0.2, 0.25) is 5.02 Å². The van der Waals surface area contributed by atoms with Crippen LogP contribution < -0.4 is 15.4 Å². The first-order valence-electron chi connectivity index (χ1n) is 5.13. The Morgan fingerprint density at radius 2 is 2.19 bits per heavy atom. The van der Waals surface area contributed by atoms with E-state index in [-0.39, 0.29) is 0 Å². The predicted octanol–water partition coefficient (Wildman–Crippen LogP) is 1.85. The van der Waals surface area contributed by atoms with E-state index in [9.17, 15) is 0 Å². The van der Waals surface area contributed by atoms with Crippen LogP contribution in [-0.4, -0.2) is 19.8 Å².